The molecule has 0 bridgehead atoms. The molecule has 0 saturated carbocycles. The van der Waals surface area contributed by atoms with Gasteiger partial charge in [-0.1, -0.05) is 6.07 Å². The van der Waals surface area contributed by atoms with E-state index in [1.165, 1.54) is 0 Å². The molecule has 25 heavy (non-hydrogen) atoms. The number of likely N-dealkylation sites (N-methyl/N-ethyl adjacent to an activating group) is 1. The summed E-state index contributed by atoms with van der Waals surface area (Å²) in [6.07, 6.45) is 1.74. The lowest BCUT2D eigenvalue weighted by Crippen LogP contribution is -2.29. The Labute approximate surface area is 145 Å². The quantitative estimate of drug-likeness (QED) is 0.798. The lowest BCUT2D eigenvalue weighted by molar-refractivity contribution is 0.229. The normalized spacial score (nSPS) is 14.6. The zero-order chi connectivity index (χ0) is 17.6. The van der Waals surface area contributed by atoms with Crippen LogP contribution < -0.4 is 10.2 Å². The van der Waals surface area contributed by atoms with Gasteiger partial charge < -0.3 is 10.2 Å². The van der Waals surface area contributed by atoms with Crippen LogP contribution in [0.4, 0.5) is 22.0 Å². The number of nitrogens with zero attached hydrogens (tertiary/aromatic N) is 5. The van der Waals surface area contributed by atoms with Gasteiger partial charge in [-0.05, 0) is 32.0 Å². The molecule has 0 aliphatic carbocycles. The Morgan fingerprint density at radius 2 is 2.00 bits per heavy atom. The second-order valence-corrected chi connectivity index (χ2v) is 6.30. The maximum Gasteiger partial charge on any atom is 0.324 e. The molecule has 3 aromatic rings. The van der Waals surface area contributed by atoms with E-state index in [0.717, 1.165) is 40.6 Å². The summed E-state index contributed by atoms with van der Waals surface area (Å²) in [5.74, 6) is 0.884. The van der Waals surface area contributed by atoms with Crippen molar-refractivity contribution in [2.75, 3.05) is 30.4 Å². The molecule has 0 spiro atoms. The van der Waals surface area contributed by atoms with E-state index in [1.807, 2.05) is 51.2 Å². The van der Waals surface area contributed by atoms with Crippen molar-refractivity contribution in [3.05, 3.63) is 47.8 Å². The van der Waals surface area contributed by atoms with Gasteiger partial charge in [0.1, 0.15) is 5.82 Å². The third-order valence-corrected chi connectivity index (χ3v) is 4.65. The number of hydrogen-bond donors (Lipinski definition) is 1. The van der Waals surface area contributed by atoms with Gasteiger partial charge in [0.2, 0.25) is 0 Å². The molecule has 1 fully saturated rings. The lowest BCUT2D eigenvalue weighted by Gasteiger charge is -2.18. The van der Waals surface area contributed by atoms with Gasteiger partial charge in [0.25, 0.3) is 0 Å². The summed E-state index contributed by atoms with van der Waals surface area (Å²) < 4.78 is 1.80. The molecule has 7 nitrogen and oxygen atoms in total. The molecule has 1 aliphatic heterocycles. The minimum Gasteiger partial charge on any atom is -0.340 e. The molecule has 0 unspecified atom stereocenters. The number of urea groups is 1. The van der Waals surface area contributed by atoms with E-state index in [-0.39, 0.29) is 6.03 Å². The maximum atomic E-state index is 12.2. The number of aryl methyl sites for hydroxylation is 1. The highest BCUT2D eigenvalue weighted by Gasteiger charge is 2.26. The Kier molecular flexibility index (Phi) is 3.56. The average molecular weight is 336 g/mol. The minimum absolute atomic E-state index is 0.0301. The van der Waals surface area contributed by atoms with Crippen molar-refractivity contribution in [2.24, 2.45) is 0 Å². The summed E-state index contributed by atoms with van der Waals surface area (Å²) in [7, 11) is 1.82. The fraction of sp³-hybridized carbons (Fsp3) is 0.278. The molecule has 0 atom stereocenters. The molecule has 1 saturated heterocycles. The second kappa shape index (κ2) is 5.77. The summed E-state index contributed by atoms with van der Waals surface area (Å²) in [6, 6.07) is 9.79. The highest BCUT2D eigenvalue weighted by Crippen LogP contribution is 2.27. The summed E-state index contributed by atoms with van der Waals surface area (Å²) in [5.41, 5.74) is 4.60. The van der Waals surface area contributed by atoms with Crippen molar-refractivity contribution in [2.45, 2.75) is 13.8 Å². The molecule has 2 aromatic heterocycles. The Hall–Kier alpha value is -3.09. The van der Waals surface area contributed by atoms with Crippen LogP contribution in [-0.4, -0.2) is 45.7 Å². The number of nitrogens with one attached hydrogen (secondary N) is 1. The van der Waals surface area contributed by atoms with Crippen molar-refractivity contribution >= 4 is 28.9 Å². The van der Waals surface area contributed by atoms with Gasteiger partial charge in [-0.15, -0.1) is 0 Å². The van der Waals surface area contributed by atoms with Crippen molar-refractivity contribution in [1.29, 1.82) is 0 Å². The first-order chi connectivity index (χ1) is 12.0. The molecular weight excluding hydrogens is 316 g/mol. The fourth-order valence-electron chi connectivity index (χ4n) is 3.06. The van der Waals surface area contributed by atoms with E-state index < -0.39 is 0 Å². The SMILES string of the molecule is Cc1nc2ccnn2c(Nc2cccc(N3CCN(C)C3=O)c2)c1C. The van der Waals surface area contributed by atoms with E-state index in [2.05, 4.69) is 15.4 Å². The summed E-state index contributed by atoms with van der Waals surface area (Å²) in [6.45, 7) is 5.46. The monoisotopic (exact) mass is 336 g/mol. The third-order valence-electron chi connectivity index (χ3n) is 4.65. The van der Waals surface area contributed by atoms with Crippen LogP contribution >= 0.6 is 0 Å². The largest absolute Gasteiger partial charge is 0.340 e. The Balaban J connectivity index is 1.71. The molecule has 0 radical (unpaired) electrons. The number of hydrogen-bond acceptors (Lipinski definition) is 4. The van der Waals surface area contributed by atoms with Gasteiger partial charge in [-0.25, -0.2) is 9.78 Å². The van der Waals surface area contributed by atoms with E-state index in [4.69, 9.17) is 0 Å². The lowest BCUT2D eigenvalue weighted by atomic mass is 10.2. The summed E-state index contributed by atoms with van der Waals surface area (Å²) >= 11 is 0. The maximum absolute atomic E-state index is 12.2. The molecule has 7 heteroatoms. The molecular formula is C18H20N6O. The predicted molar refractivity (Wildman–Crippen MR) is 97.6 cm³/mol. The van der Waals surface area contributed by atoms with Gasteiger partial charge in [-0.2, -0.15) is 9.61 Å². The first-order valence-corrected chi connectivity index (χ1v) is 8.25. The molecule has 1 aliphatic rings. The highest BCUT2D eigenvalue weighted by atomic mass is 16.2. The number of benzene rings is 1. The molecule has 4 rings (SSSR count). The van der Waals surface area contributed by atoms with E-state index in [1.54, 1.807) is 20.5 Å². The predicted octanol–water partition coefficient (Wildman–Crippen LogP) is 2.96. The number of carbonyl (C=O) groups is 1. The number of rotatable bonds is 3. The van der Waals surface area contributed by atoms with Crippen LogP contribution in [0.3, 0.4) is 0 Å². The van der Waals surface area contributed by atoms with Crippen LogP contribution in [0.25, 0.3) is 5.65 Å². The molecule has 128 valence electrons. The number of fused-ring (bicyclic) bond motifs is 1. The van der Waals surface area contributed by atoms with Gasteiger partial charge in [-0.3, -0.25) is 4.90 Å². The van der Waals surface area contributed by atoms with Crippen molar-refractivity contribution < 1.29 is 4.79 Å². The zero-order valence-corrected chi connectivity index (χ0v) is 14.5. The average Bonchev–Trinajstić information content (AvgIpc) is 3.19. The first-order valence-electron chi connectivity index (χ1n) is 8.25. The number of carbonyl (C=O) groups excluding carboxylic acids is 1. The Morgan fingerprint density at radius 1 is 1.16 bits per heavy atom. The highest BCUT2D eigenvalue weighted by molar-refractivity contribution is 5.94. The number of anilines is 3. The topological polar surface area (TPSA) is 65.8 Å². The summed E-state index contributed by atoms with van der Waals surface area (Å²) in [4.78, 5) is 20.3. The van der Waals surface area contributed by atoms with Crippen molar-refractivity contribution in [3.8, 4) is 0 Å². The van der Waals surface area contributed by atoms with E-state index >= 15 is 0 Å². The van der Waals surface area contributed by atoms with Crippen LogP contribution in [0.5, 0.6) is 0 Å². The minimum atomic E-state index is 0.0301. The van der Waals surface area contributed by atoms with Gasteiger partial charge >= 0.3 is 6.03 Å². The molecule has 2 amide bonds. The molecule has 1 N–H and O–H groups in total. The Bertz CT molecular complexity index is 963. The number of amides is 2. The van der Waals surface area contributed by atoms with Crippen LogP contribution in [-0.2, 0) is 0 Å². The fourth-order valence-corrected chi connectivity index (χ4v) is 3.06. The van der Waals surface area contributed by atoms with E-state index in [0.29, 0.717) is 6.54 Å². The molecule has 3 heterocycles. The van der Waals surface area contributed by atoms with Crippen LogP contribution in [0, 0.1) is 13.8 Å². The smallest absolute Gasteiger partial charge is 0.324 e. The number of aromatic nitrogens is 3. The van der Waals surface area contributed by atoms with Gasteiger partial charge in [0.05, 0.1) is 6.20 Å². The van der Waals surface area contributed by atoms with E-state index in [9.17, 15) is 4.79 Å². The molecule has 1 aromatic carbocycles. The van der Waals surface area contributed by atoms with Crippen LogP contribution in [0.1, 0.15) is 11.3 Å². The van der Waals surface area contributed by atoms with Crippen molar-refractivity contribution in [3.63, 3.8) is 0 Å². The standard InChI is InChI=1S/C18H20N6O/c1-12-13(2)20-16-7-8-19-24(16)17(12)21-14-5-4-6-15(11-14)23-10-9-22(3)18(23)25/h4-8,11,21H,9-10H2,1-3H3. The summed E-state index contributed by atoms with van der Waals surface area (Å²) in [5, 5.41) is 7.80. The first kappa shape index (κ1) is 15.4. The third kappa shape index (κ3) is 2.57. The second-order valence-electron chi connectivity index (χ2n) is 6.30. The van der Waals surface area contributed by atoms with Gasteiger partial charge in [0.15, 0.2) is 5.65 Å². The van der Waals surface area contributed by atoms with Crippen molar-refractivity contribution in [1.82, 2.24) is 19.5 Å². The van der Waals surface area contributed by atoms with Crippen LogP contribution in [0.2, 0.25) is 0 Å². The van der Waals surface area contributed by atoms with Crippen LogP contribution in [0.15, 0.2) is 36.5 Å². The van der Waals surface area contributed by atoms with Gasteiger partial charge in [0, 0.05) is 48.8 Å². The zero-order valence-electron chi connectivity index (χ0n) is 14.5. The Morgan fingerprint density at radius 3 is 2.76 bits per heavy atom.